The van der Waals surface area contributed by atoms with Crippen molar-refractivity contribution in [2.45, 2.75) is 44.7 Å². The molecule has 1 aliphatic rings. The van der Waals surface area contributed by atoms with Crippen molar-refractivity contribution in [3.8, 4) is 16.9 Å². The summed E-state index contributed by atoms with van der Waals surface area (Å²) in [4.78, 5) is 8.05. The molecular formula is C18H19F3N2O. The van der Waals surface area contributed by atoms with Crippen LogP contribution in [-0.2, 0) is 11.8 Å². The molecule has 0 unspecified atom stereocenters. The molecule has 24 heavy (non-hydrogen) atoms. The van der Waals surface area contributed by atoms with Crippen LogP contribution < -0.4 is 4.74 Å². The summed E-state index contributed by atoms with van der Waals surface area (Å²) in [6.07, 6.45) is 0.669. The fraction of sp³-hybridized carbons (Fsp3) is 0.444. The number of nitrogens with zero attached hydrogens (tertiary/aromatic N) is 2. The van der Waals surface area contributed by atoms with Crippen LogP contribution in [0.3, 0.4) is 0 Å². The monoisotopic (exact) mass is 336 g/mol. The maximum Gasteiger partial charge on any atom is 0.389 e. The van der Waals surface area contributed by atoms with Gasteiger partial charge in [0.15, 0.2) is 0 Å². The Morgan fingerprint density at radius 3 is 2.42 bits per heavy atom. The molecule has 3 rings (SSSR count). The summed E-state index contributed by atoms with van der Waals surface area (Å²) < 4.78 is 43.7. The summed E-state index contributed by atoms with van der Waals surface area (Å²) >= 11 is 0. The van der Waals surface area contributed by atoms with Gasteiger partial charge in [-0.1, -0.05) is 13.8 Å². The van der Waals surface area contributed by atoms with Crippen LogP contribution in [0.1, 0.15) is 37.8 Å². The number of rotatable bonds is 4. The third-order valence-corrected chi connectivity index (χ3v) is 4.44. The normalized spacial score (nSPS) is 14.4. The Labute approximate surface area is 138 Å². The van der Waals surface area contributed by atoms with E-state index in [4.69, 9.17) is 4.74 Å². The van der Waals surface area contributed by atoms with Gasteiger partial charge in [-0.15, -0.1) is 0 Å². The second kappa shape index (κ2) is 6.07. The van der Waals surface area contributed by atoms with Gasteiger partial charge in [0.25, 0.3) is 0 Å². The maximum absolute atomic E-state index is 12.7. The highest BCUT2D eigenvalue weighted by Gasteiger charge is 2.35. The average molecular weight is 336 g/mol. The molecule has 1 aromatic carbocycles. The molecule has 1 aliphatic heterocycles. The molecule has 0 radical (unpaired) electrons. The lowest BCUT2D eigenvalue weighted by Gasteiger charge is -2.28. The Balaban J connectivity index is 2.02. The first kappa shape index (κ1) is 16.7. The molecule has 2 aromatic rings. The second-order valence-corrected chi connectivity index (χ2v) is 6.74. The van der Waals surface area contributed by atoms with Crippen molar-refractivity contribution >= 4 is 0 Å². The fourth-order valence-corrected chi connectivity index (χ4v) is 3.01. The number of hydrogen-bond donors (Lipinski definition) is 0. The van der Waals surface area contributed by atoms with Gasteiger partial charge >= 0.3 is 6.18 Å². The Hall–Kier alpha value is -2.11. The van der Waals surface area contributed by atoms with Crippen LogP contribution >= 0.6 is 0 Å². The third-order valence-electron chi connectivity index (χ3n) is 4.44. The zero-order chi connectivity index (χ0) is 17.4. The van der Waals surface area contributed by atoms with Crippen LogP contribution in [0.25, 0.3) is 11.1 Å². The first-order valence-corrected chi connectivity index (χ1v) is 7.89. The van der Waals surface area contributed by atoms with Gasteiger partial charge in [0.05, 0.1) is 6.61 Å². The fourth-order valence-electron chi connectivity index (χ4n) is 3.01. The van der Waals surface area contributed by atoms with Crippen molar-refractivity contribution in [2.24, 2.45) is 0 Å². The van der Waals surface area contributed by atoms with Crippen molar-refractivity contribution in [2.75, 3.05) is 6.61 Å². The molecule has 2 heterocycles. The smallest absolute Gasteiger partial charge is 0.389 e. The number of fused-ring (bicyclic) bond motifs is 1. The minimum Gasteiger partial charge on any atom is -0.493 e. The van der Waals surface area contributed by atoms with Crippen LogP contribution in [0.2, 0.25) is 0 Å². The van der Waals surface area contributed by atoms with Gasteiger partial charge in [0.2, 0.25) is 0 Å². The predicted octanol–water partition coefficient (Wildman–Crippen LogP) is 4.70. The van der Waals surface area contributed by atoms with E-state index in [0.717, 1.165) is 34.4 Å². The molecule has 0 aliphatic carbocycles. The number of alkyl halides is 3. The quantitative estimate of drug-likeness (QED) is 0.812. The second-order valence-electron chi connectivity index (χ2n) is 6.74. The van der Waals surface area contributed by atoms with E-state index in [9.17, 15) is 13.2 Å². The molecule has 0 N–H and O–H groups in total. The van der Waals surface area contributed by atoms with Gasteiger partial charge in [0.1, 0.15) is 12.1 Å². The molecule has 0 atom stereocenters. The lowest BCUT2D eigenvalue weighted by molar-refractivity contribution is -0.138. The van der Waals surface area contributed by atoms with E-state index in [1.54, 1.807) is 12.4 Å². The zero-order valence-electron chi connectivity index (χ0n) is 13.7. The van der Waals surface area contributed by atoms with E-state index in [0.29, 0.717) is 6.61 Å². The molecule has 0 amide bonds. The standard InChI is InChI=1S/C18H19F3N2O/c1-17(2,4-5-18(19,20)21)15-8-13(14-9-22-11-23-10-14)7-12-3-6-24-16(12)15/h7-11H,3-6H2,1-2H3. The Bertz CT molecular complexity index is 727. The Kier molecular flexibility index (Phi) is 4.24. The summed E-state index contributed by atoms with van der Waals surface area (Å²) in [5.41, 5.74) is 2.97. The van der Waals surface area contributed by atoms with Crippen LogP contribution in [0.15, 0.2) is 30.9 Å². The van der Waals surface area contributed by atoms with Crippen LogP contribution in [0.5, 0.6) is 5.75 Å². The summed E-state index contributed by atoms with van der Waals surface area (Å²) in [6.45, 7) is 4.23. The van der Waals surface area contributed by atoms with Gasteiger partial charge < -0.3 is 4.74 Å². The summed E-state index contributed by atoms with van der Waals surface area (Å²) in [6, 6.07) is 3.93. The maximum atomic E-state index is 12.7. The van der Waals surface area contributed by atoms with Crippen molar-refractivity contribution in [1.29, 1.82) is 0 Å². The van der Waals surface area contributed by atoms with E-state index >= 15 is 0 Å². The molecular weight excluding hydrogens is 317 g/mol. The first-order chi connectivity index (χ1) is 11.3. The van der Waals surface area contributed by atoms with E-state index in [1.165, 1.54) is 6.33 Å². The van der Waals surface area contributed by atoms with Crippen molar-refractivity contribution in [3.05, 3.63) is 42.0 Å². The highest BCUT2D eigenvalue weighted by molar-refractivity contribution is 5.67. The summed E-state index contributed by atoms with van der Waals surface area (Å²) in [7, 11) is 0. The molecule has 0 spiro atoms. The number of hydrogen-bond acceptors (Lipinski definition) is 3. The minimum absolute atomic E-state index is 0.0149. The van der Waals surface area contributed by atoms with E-state index in [-0.39, 0.29) is 6.42 Å². The van der Waals surface area contributed by atoms with Crippen LogP contribution in [-0.4, -0.2) is 22.8 Å². The lowest BCUT2D eigenvalue weighted by Crippen LogP contribution is -2.22. The summed E-state index contributed by atoms with van der Waals surface area (Å²) in [5, 5.41) is 0. The highest BCUT2D eigenvalue weighted by Crippen LogP contribution is 2.43. The molecule has 0 saturated carbocycles. The van der Waals surface area contributed by atoms with Gasteiger partial charge in [0, 0.05) is 36.4 Å². The van der Waals surface area contributed by atoms with Crippen LogP contribution in [0.4, 0.5) is 13.2 Å². The SMILES string of the molecule is CC(C)(CCC(F)(F)F)c1cc(-c2cncnc2)cc2c1OCC2. The van der Waals surface area contributed by atoms with Crippen molar-refractivity contribution in [3.63, 3.8) is 0 Å². The zero-order valence-corrected chi connectivity index (χ0v) is 13.7. The number of halogens is 3. The van der Waals surface area contributed by atoms with Gasteiger partial charge in [-0.3, -0.25) is 0 Å². The molecule has 3 nitrogen and oxygen atoms in total. The number of aromatic nitrogens is 2. The molecule has 128 valence electrons. The van der Waals surface area contributed by atoms with Gasteiger partial charge in [-0.25, -0.2) is 9.97 Å². The molecule has 0 fully saturated rings. The molecule has 0 saturated heterocycles. The minimum atomic E-state index is -4.16. The topological polar surface area (TPSA) is 35.0 Å². The Morgan fingerprint density at radius 1 is 1.04 bits per heavy atom. The molecule has 1 aromatic heterocycles. The highest BCUT2D eigenvalue weighted by atomic mass is 19.4. The third kappa shape index (κ3) is 3.52. The number of benzene rings is 1. The Morgan fingerprint density at radius 2 is 1.75 bits per heavy atom. The number of ether oxygens (including phenoxy) is 1. The van der Waals surface area contributed by atoms with Crippen molar-refractivity contribution in [1.82, 2.24) is 9.97 Å². The largest absolute Gasteiger partial charge is 0.493 e. The average Bonchev–Trinajstić information content (AvgIpc) is 3.00. The van der Waals surface area contributed by atoms with Gasteiger partial charge in [-0.05, 0) is 35.1 Å². The molecule has 6 heteroatoms. The lowest BCUT2D eigenvalue weighted by atomic mass is 9.78. The van der Waals surface area contributed by atoms with Crippen LogP contribution in [0, 0.1) is 0 Å². The van der Waals surface area contributed by atoms with E-state index in [1.807, 2.05) is 26.0 Å². The summed E-state index contributed by atoms with van der Waals surface area (Å²) in [5.74, 6) is 0.739. The predicted molar refractivity (Wildman–Crippen MR) is 85.0 cm³/mol. The van der Waals surface area contributed by atoms with E-state index < -0.39 is 18.0 Å². The van der Waals surface area contributed by atoms with Crippen molar-refractivity contribution < 1.29 is 17.9 Å². The molecule has 0 bridgehead atoms. The van der Waals surface area contributed by atoms with Gasteiger partial charge in [-0.2, -0.15) is 13.2 Å². The first-order valence-electron chi connectivity index (χ1n) is 7.89. The van der Waals surface area contributed by atoms with E-state index in [2.05, 4.69) is 9.97 Å².